The average molecular weight is 374 g/mol. The molecule has 0 bridgehead atoms. The summed E-state index contributed by atoms with van der Waals surface area (Å²) in [7, 11) is 0. The van der Waals surface area contributed by atoms with E-state index in [1.165, 1.54) is 5.56 Å². The number of benzene rings is 1. The number of halogens is 1. The van der Waals surface area contributed by atoms with Gasteiger partial charge in [0.05, 0.1) is 12.3 Å². The van der Waals surface area contributed by atoms with Gasteiger partial charge in [-0.05, 0) is 36.5 Å². The van der Waals surface area contributed by atoms with Crippen LogP contribution in [0.15, 0.2) is 24.3 Å². The number of nitrogens with zero attached hydrogens (tertiary/aromatic N) is 2. The molecule has 1 fully saturated rings. The number of carbonyl (C=O) groups is 1. The summed E-state index contributed by atoms with van der Waals surface area (Å²) < 4.78 is 0. The van der Waals surface area contributed by atoms with Crippen molar-refractivity contribution in [2.24, 2.45) is 5.92 Å². The summed E-state index contributed by atoms with van der Waals surface area (Å²) in [5.41, 5.74) is 3.87. The van der Waals surface area contributed by atoms with E-state index in [0.717, 1.165) is 48.4 Å². The first-order chi connectivity index (χ1) is 12.7. The number of rotatable bonds is 3. The van der Waals surface area contributed by atoms with Gasteiger partial charge in [-0.15, -0.1) is 0 Å². The van der Waals surface area contributed by atoms with Crippen LogP contribution in [0.25, 0.3) is 0 Å². The molecule has 0 radical (unpaired) electrons. The van der Waals surface area contributed by atoms with Crippen molar-refractivity contribution in [2.75, 3.05) is 6.54 Å². The number of nitrogens with one attached hydrogen (secondary N) is 1. The van der Waals surface area contributed by atoms with E-state index < -0.39 is 0 Å². The van der Waals surface area contributed by atoms with Crippen LogP contribution in [0.1, 0.15) is 54.1 Å². The van der Waals surface area contributed by atoms with Gasteiger partial charge in [0, 0.05) is 41.7 Å². The van der Waals surface area contributed by atoms with Crippen molar-refractivity contribution in [1.29, 1.82) is 0 Å². The second-order valence-electron chi connectivity index (χ2n) is 7.35. The Morgan fingerprint density at radius 1 is 1.35 bits per heavy atom. The van der Waals surface area contributed by atoms with Crippen molar-refractivity contribution in [3.63, 3.8) is 0 Å². The number of amides is 1. The highest BCUT2D eigenvalue weighted by Gasteiger charge is 2.36. The maximum Gasteiger partial charge on any atom is 0.226 e. The molecule has 5 nitrogen and oxygen atoms in total. The van der Waals surface area contributed by atoms with Crippen LogP contribution in [0, 0.1) is 5.92 Å². The quantitative estimate of drug-likeness (QED) is 0.866. The van der Waals surface area contributed by atoms with Gasteiger partial charge in [0.1, 0.15) is 0 Å². The summed E-state index contributed by atoms with van der Waals surface area (Å²) in [6.45, 7) is 1.15. The smallest absolute Gasteiger partial charge is 0.226 e. The fraction of sp³-hybridized carbons (Fsp3) is 0.500. The number of hydrogen-bond donors (Lipinski definition) is 2. The molecule has 1 amide bonds. The number of aromatic nitrogens is 2. The normalized spacial score (nSPS) is 22.9. The van der Waals surface area contributed by atoms with Crippen LogP contribution in [-0.4, -0.2) is 32.7 Å². The maximum atomic E-state index is 13.4. The first kappa shape index (κ1) is 17.6. The molecule has 2 heterocycles. The summed E-state index contributed by atoms with van der Waals surface area (Å²) in [6.07, 6.45) is 4.98. The summed E-state index contributed by atoms with van der Waals surface area (Å²) >= 11 is 6.19. The Hall–Kier alpha value is -1.85. The minimum atomic E-state index is -0.0948. The van der Waals surface area contributed by atoms with Gasteiger partial charge in [-0.1, -0.05) is 36.6 Å². The zero-order chi connectivity index (χ0) is 18.1. The summed E-state index contributed by atoms with van der Waals surface area (Å²) in [4.78, 5) is 15.3. The van der Waals surface area contributed by atoms with E-state index in [-0.39, 0.29) is 24.3 Å². The highest BCUT2D eigenvalue weighted by atomic mass is 35.5. The van der Waals surface area contributed by atoms with E-state index in [2.05, 4.69) is 16.3 Å². The third-order valence-corrected chi connectivity index (χ3v) is 6.08. The summed E-state index contributed by atoms with van der Waals surface area (Å²) in [5.74, 6) is 0.469. The molecule has 6 heteroatoms. The Morgan fingerprint density at radius 3 is 3.00 bits per heavy atom. The molecule has 1 saturated carbocycles. The lowest BCUT2D eigenvalue weighted by atomic mass is 9.74. The van der Waals surface area contributed by atoms with Gasteiger partial charge in [-0.25, -0.2) is 0 Å². The Morgan fingerprint density at radius 2 is 2.19 bits per heavy atom. The molecule has 0 spiro atoms. The molecule has 138 valence electrons. The van der Waals surface area contributed by atoms with Gasteiger partial charge in [0.25, 0.3) is 0 Å². The molecular formula is C20H24ClN3O2. The van der Waals surface area contributed by atoms with Crippen molar-refractivity contribution in [3.05, 3.63) is 51.8 Å². The van der Waals surface area contributed by atoms with Crippen LogP contribution in [0.2, 0.25) is 5.02 Å². The predicted octanol–water partition coefficient (Wildman–Crippen LogP) is 3.41. The first-order valence-corrected chi connectivity index (χ1v) is 9.75. The Kier molecular flexibility index (Phi) is 5.00. The van der Waals surface area contributed by atoms with Crippen LogP contribution in [0.3, 0.4) is 0 Å². The highest BCUT2D eigenvalue weighted by molar-refractivity contribution is 6.30. The van der Waals surface area contributed by atoms with Crippen molar-refractivity contribution >= 4 is 17.5 Å². The molecule has 1 aromatic heterocycles. The Balaban J connectivity index is 1.56. The SMILES string of the molecule is O=C([C@@H]1CCCC[C@H]1c1cccc(Cl)c1)N1CCc2[nH]nc(CO)c2C1. The van der Waals surface area contributed by atoms with Crippen LogP contribution in [0.5, 0.6) is 0 Å². The largest absolute Gasteiger partial charge is 0.390 e. The lowest BCUT2D eigenvalue weighted by Gasteiger charge is -2.36. The van der Waals surface area contributed by atoms with E-state index >= 15 is 0 Å². The average Bonchev–Trinajstić information content (AvgIpc) is 3.09. The second-order valence-corrected chi connectivity index (χ2v) is 7.78. The molecule has 2 N–H and O–H groups in total. The van der Waals surface area contributed by atoms with Gasteiger partial charge in [-0.3, -0.25) is 9.89 Å². The third kappa shape index (κ3) is 3.26. The number of hydrogen-bond acceptors (Lipinski definition) is 3. The number of carbonyl (C=O) groups excluding carboxylic acids is 1. The molecule has 2 aromatic rings. The van der Waals surface area contributed by atoms with Crippen LogP contribution < -0.4 is 0 Å². The first-order valence-electron chi connectivity index (χ1n) is 9.37. The third-order valence-electron chi connectivity index (χ3n) is 5.84. The fourth-order valence-corrected chi connectivity index (χ4v) is 4.67. The molecule has 1 aliphatic heterocycles. The van der Waals surface area contributed by atoms with E-state index in [9.17, 15) is 9.90 Å². The lowest BCUT2D eigenvalue weighted by Crippen LogP contribution is -2.42. The van der Waals surface area contributed by atoms with Crippen LogP contribution in [-0.2, 0) is 24.4 Å². The van der Waals surface area contributed by atoms with E-state index in [4.69, 9.17) is 11.6 Å². The van der Waals surface area contributed by atoms with Crippen LogP contribution >= 0.6 is 11.6 Å². The van der Waals surface area contributed by atoms with Crippen molar-refractivity contribution < 1.29 is 9.90 Å². The van der Waals surface area contributed by atoms with E-state index in [0.29, 0.717) is 18.8 Å². The van der Waals surface area contributed by atoms with Gasteiger partial charge < -0.3 is 10.0 Å². The molecule has 0 saturated heterocycles. The van der Waals surface area contributed by atoms with Crippen molar-refractivity contribution in [1.82, 2.24) is 15.1 Å². The molecule has 4 rings (SSSR count). The Labute approximate surface area is 158 Å². The summed E-state index contributed by atoms with van der Waals surface area (Å²) in [6, 6.07) is 7.95. The molecule has 1 aliphatic carbocycles. The Bertz CT molecular complexity index is 791. The van der Waals surface area contributed by atoms with Crippen molar-refractivity contribution in [2.45, 2.75) is 51.2 Å². The zero-order valence-electron chi connectivity index (χ0n) is 14.7. The molecule has 26 heavy (non-hydrogen) atoms. The summed E-state index contributed by atoms with van der Waals surface area (Å²) in [5, 5.41) is 17.4. The molecule has 2 aliphatic rings. The highest BCUT2D eigenvalue weighted by Crippen LogP contribution is 2.40. The van der Waals surface area contributed by atoms with Crippen LogP contribution in [0.4, 0.5) is 0 Å². The van der Waals surface area contributed by atoms with Gasteiger partial charge in [-0.2, -0.15) is 5.10 Å². The standard InChI is InChI=1S/C20H24ClN3O2/c21-14-5-3-4-13(10-14)15-6-1-2-7-16(15)20(26)24-9-8-18-17(11-24)19(12-25)23-22-18/h3-5,10,15-16,25H,1-2,6-9,11-12H2,(H,22,23)/t15-,16+/m0/s1. The molecule has 0 unspecified atom stereocenters. The monoisotopic (exact) mass is 373 g/mol. The molecular weight excluding hydrogens is 350 g/mol. The second kappa shape index (κ2) is 7.41. The van der Waals surface area contributed by atoms with Crippen molar-refractivity contribution in [3.8, 4) is 0 Å². The predicted molar refractivity (Wildman–Crippen MR) is 99.8 cm³/mol. The number of aromatic amines is 1. The number of fused-ring (bicyclic) bond motifs is 1. The van der Waals surface area contributed by atoms with Gasteiger partial charge in [0.15, 0.2) is 0 Å². The number of H-pyrrole nitrogens is 1. The lowest BCUT2D eigenvalue weighted by molar-refractivity contribution is -0.138. The van der Waals surface area contributed by atoms with Gasteiger partial charge in [0.2, 0.25) is 5.91 Å². The topological polar surface area (TPSA) is 69.2 Å². The number of aliphatic hydroxyl groups is 1. The molecule has 1 aromatic carbocycles. The maximum absolute atomic E-state index is 13.4. The number of aliphatic hydroxyl groups excluding tert-OH is 1. The van der Waals surface area contributed by atoms with E-state index in [1.54, 1.807) is 0 Å². The minimum absolute atomic E-state index is 0.00763. The fourth-order valence-electron chi connectivity index (χ4n) is 4.47. The zero-order valence-corrected chi connectivity index (χ0v) is 15.5. The minimum Gasteiger partial charge on any atom is -0.390 e. The van der Waals surface area contributed by atoms with Gasteiger partial charge >= 0.3 is 0 Å². The molecule has 2 atom stereocenters. The van der Waals surface area contributed by atoms with E-state index in [1.807, 2.05) is 23.1 Å².